The van der Waals surface area contributed by atoms with E-state index in [-0.39, 0.29) is 36.1 Å². The van der Waals surface area contributed by atoms with E-state index in [9.17, 15) is 23.3 Å². The number of rotatable bonds is 4. The Morgan fingerprint density at radius 1 is 1.50 bits per heavy atom. The van der Waals surface area contributed by atoms with Crippen LogP contribution in [-0.2, 0) is 14.8 Å². The lowest BCUT2D eigenvalue weighted by Gasteiger charge is -2.14. The second kappa shape index (κ2) is 5.13. The third kappa shape index (κ3) is 3.27. The normalized spacial score (nSPS) is 19.4. The van der Waals surface area contributed by atoms with Crippen LogP contribution in [0.5, 0.6) is 0 Å². The van der Waals surface area contributed by atoms with Crippen molar-refractivity contribution in [1.29, 1.82) is 0 Å². The molecule has 1 fully saturated rings. The van der Waals surface area contributed by atoms with E-state index in [0.717, 1.165) is 6.20 Å². The molecule has 1 amide bonds. The first kappa shape index (κ1) is 14.3. The molecule has 0 saturated carbocycles. The molecular weight excluding hydrogens is 288 g/mol. The molecule has 0 bridgehead atoms. The van der Waals surface area contributed by atoms with Crippen LogP contribution in [0.3, 0.4) is 0 Å². The Morgan fingerprint density at radius 3 is 2.70 bits per heavy atom. The summed E-state index contributed by atoms with van der Waals surface area (Å²) < 4.78 is 22.0. The summed E-state index contributed by atoms with van der Waals surface area (Å²) in [5.74, 6) is -0.686. The lowest BCUT2D eigenvalue weighted by Crippen LogP contribution is -2.28. The van der Waals surface area contributed by atoms with Crippen LogP contribution < -0.4 is 10.0 Å². The van der Waals surface area contributed by atoms with Gasteiger partial charge in [-0.2, -0.15) is 0 Å². The minimum Gasteiger partial charge on any atom is -0.296 e. The first-order valence-electron chi connectivity index (χ1n) is 5.67. The number of carbonyl (C=O) groups is 1. The summed E-state index contributed by atoms with van der Waals surface area (Å²) in [6, 6.07) is 2.60. The molecule has 108 valence electrons. The molecule has 2 heterocycles. The number of anilines is 1. The third-order valence-electron chi connectivity index (χ3n) is 2.89. The number of hydrogen-bond acceptors (Lipinski definition) is 6. The highest BCUT2D eigenvalue weighted by molar-refractivity contribution is 7.89. The Bertz CT molecular complexity index is 642. The Labute approximate surface area is 114 Å². The number of sulfonamides is 1. The van der Waals surface area contributed by atoms with Crippen LogP contribution in [0, 0.1) is 16.0 Å². The molecule has 1 aliphatic heterocycles. The van der Waals surface area contributed by atoms with Crippen molar-refractivity contribution in [3.05, 3.63) is 28.4 Å². The highest BCUT2D eigenvalue weighted by Crippen LogP contribution is 2.25. The summed E-state index contributed by atoms with van der Waals surface area (Å²) in [6.45, 7) is 0.181. The standard InChI is InChI=1S/C10H12N4O5S/c11-20(18,19)6-7-3-10(15)13(5-7)9-2-1-8(4-12-9)14(16)17/h1-2,4,7H,3,5-6H2,(H2,11,18,19). The quantitative estimate of drug-likeness (QED) is 0.595. The summed E-state index contributed by atoms with van der Waals surface area (Å²) >= 11 is 0. The second-order valence-electron chi connectivity index (χ2n) is 4.54. The lowest BCUT2D eigenvalue weighted by atomic mass is 10.1. The summed E-state index contributed by atoms with van der Waals surface area (Å²) in [7, 11) is -3.64. The number of pyridine rings is 1. The fourth-order valence-corrected chi connectivity index (χ4v) is 2.97. The average Bonchev–Trinajstić information content (AvgIpc) is 2.67. The third-order valence-corrected chi connectivity index (χ3v) is 3.83. The van der Waals surface area contributed by atoms with Gasteiger partial charge >= 0.3 is 0 Å². The van der Waals surface area contributed by atoms with Crippen LogP contribution in [0.25, 0.3) is 0 Å². The zero-order valence-electron chi connectivity index (χ0n) is 10.3. The molecule has 2 rings (SSSR count). The maximum atomic E-state index is 11.8. The minimum absolute atomic E-state index is 0.0646. The van der Waals surface area contributed by atoms with Crippen LogP contribution in [0.4, 0.5) is 11.5 Å². The monoisotopic (exact) mass is 300 g/mol. The molecule has 1 saturated heterocycles. The van der Waals surface area contributed by atoms with E-state index in [1.807, 2.05) is 0 Å². The molecule has 1 atom stereocenters. The van der Waals surface area contributed by atoms with Crippen LogP contribution in [0.1, 0.15) is 6.42 Å². The van der Waals surface area contributed by atoms with E-state index in [1.165, 1.54) is 17.0 Å². The van der Waals surface area contributed by atoms with Gasteiger partial charge in [0.25, 0.3) is 5.69 Å². The maximum absolute atomic E-state index is 11.8. The Hall–Kier alpha value is -2.07. The predicted molar refractivity (Wildman–Crippen MR) is 69.3 cm³/mol. The molecule has 1 unspecified atom stereocenters. The predicted octanol–water partition coefficient (Wildman–Crippen LogP) is -0.369. The van der Waals surface area contributed by atoms with E-state index in [0.29, 0.717) is 0 Å². The zero-order chi connectivity index (χ0) is 14.9. The van der Waals surface area contributed by atoms with Crippen molar-refractivity contribution in [2.24, 2.45) is 11.1 Å². The molecule has 20 heavy (non-hydrogen) atoms. The van der Waals surface area contributed by atoms with Crippen LogP contribution in [0.2, 0.25) is 0 Å². The fraction of sp³-hybridized carbons (Fsp3) is 0.400. The molecule has 0 aromatic carbocycles. The highest BCUT2D eigenvalue weighted by Gasteiger charge is 2.33. The number of carbonyl (C=O) groups excluding carboxylic acids is 1. The topological polar surface area (TPSA) is 136 Å². The Morgan fingerprint density at radius 2 is 2.20 bits per heavy atom. The van der Waals surface area contributed by atoms with E-state index in [1.54, 1.807) is 0 Å². The van der Waals surface area contributed by atoms with Crippen LogP contribution >= 0.6 is 0 Å². The van der Waals surface area contributed by atoms with Crippen LogP contribution in [-0.4, -0.2) is 36.5 Å². The van der Waals surface area contributed by atoms with E-state index < -0.39 is 20.9 Å². The molecule has 1 aliphatic rings. The van der Waals surface area contributed by atoms with Gasteiger partial charge in [0.1, 0.15) is 12.0 Å². The summed E-state index contributed by atoms with van der Waals surface area (Å²) in [5.41, 5.74) is -0.179. The number of nitro groups is 1. The molecule has 0 aliphatic carbocycles. The zero-order valence-corrected chi connectivity index (χ0v) is 11.1. The summed E-state index contributed by atoms with van der Waals surface area (Å²) in [6.07, 6.45) is 1.12. The number of nitrogens with zero attached hydrogens (tertiary/aromatic N) is 3. The van der Waals surface area contributed by atoms with Gasteiger partial charge in [-0.05, 0) is 6.07 Å². The molecule has 1 aromatic heterocycles. The Balaban J connectivity index is 2.13. The van der Waals surface area contributed by atoms with Gasteiger partial charge in [0.05, 0.1) is 10.7 Å². The van der Waals surface area contributed by atoms with Crippen molar-refractivity contribution in [3.63, 3.8) is 0 Å². The molecule has 10 heteroatoms. The van der Waals surface area contributed by atoms with Crippen molar-refractivity contribution in [1.82, 2.24) is 4.98 Å². The van der Waals surface area contributed by atoms with Crippen molar-refractivity contribution in [2.45, 2.75) is 6.42 Å². The number of aromatic nitrogens is 1. The van der Waals surface area contributed by atoms with Crippen molar-refractivity contribution < 1.29 is 18.1 Å². The maximum Gasteiger partial charge on any atom is 0.287 e. The molecule has 0 radical (unpaired) electrons. The first-order chi connectivity index (χ1) is 9.26. The average molecular weight is 300 g/mol. The number of primary sulfonamides is 1. The van der Waals surface area contributed by atoms with Gasteiger partial charge in [0, 0.05) is 24.9 Å². The smallest absolute Gasteiger partial charge is 0.287 e. The SMILES string of the molecule is NS(=O)(=O)CC1CC(=O)N(c2ccc([N+](=O)[O-])cn2)C1. The van der Waals surface area contributed by atoms with Gasteiger partial charge in [0.15, 0.2) is 0 Å². The van der Waals surface area contributed by atoms with Gasteiger partial charge in [-0.1, -0.05) is 0 Å². The largest absolute Gasteiger partial charge is 0.296 e. The molecule has 9 nitrogen and oxygen atoms in total. The highest BCUT2D eigenvalue weighted by atomic mass is 32.2. The van der Waals surface area contributed by atoms with E-state index in [4.69, 9.17) is 5.14 Å². The van der Waals surface area contributed by atoms with E-state index >= 15 is 0 Å². The van der Waals surface area contributed by atoms with Crippen molar-refractivity contribution >= 4 is 27.4 Å². The fourth-order valence-electron chi connectivity index (χ4n) is 2.09. The van der Waals surface area contributed by atoms with Gasteiger partial charge in [-0.3, -0.25) is 19.8 Å². The first-order valence-corrected chi connectivity index (χ1v) is 7.39. The van der Waals surface area contributed by atoms with Gasteiger partial charge in [-0.15, -0.1) is 0 Å². The van der Waals surface area contributed by atoms with Crippen LogP contribution in [0.15, 0.2) is 18.3 Å². The van der Waals surface area contributed by atoms with Crippen molar-refractivity contribution in [2.75, 3.05) is 17.2 Å². The minimum atomic E-state index is -3.64. The van der Waals surface area contributed by atoms with Gasteiger partial charge < -0.3 is 0 Å². The lowest BCUT2D eigenvalue weighted by molar-refractivity contribution is -0.385. The summed E-state index contributed by atoms with van der Waals surface area (Å²) in [4.78, 5) is 26.9. The summed E-state index contributed by atoms with van der Waals surface area (Å²) in [5, 5.41) is 15.5. The molecule has 0 spiro atoms. The second-order valence-corrected chi connectivity index (χ2v) is 6.19. The number of amides is 1. The van der Waals surface area contributed by atoms with Gasteiger partial charge in [0.2, 0.25) is 15.9 Å². The van der Waals surface area contributed by atoms with Crippen molar-refractivity contribution in [3.8, 4) is 0 Å². The number of hydrogen-bond donors (Lipinski definition) is 1. The van der Waals surface area contributed by atoms with E-state index in [2.05, 4.69) is 4.98 Å². The van der Waals surface area contributed by atoms with Gasteiger partial charge in [-0.25, -0.2) is 18.5 Å². The number of nitrogens with two attached hydrogens (primary N) is 1. The molecular formula is C10H12N4O5S. The molecule has 2 N–H and O–H groups in total. The Kier molecular flexibility index (Phi) is 3.68. The molecule has 1 aromatic rings.